The lowest BCUT2D eigenvalue weighted by Crippen LogP contribution is -2.01. The van der Waals surface area contributed by atoms with Crippen LogP contribution in [-0.2, 0) is 6.54 Å². The van der Waals surface area contributed by atoms with Crippen molar-refractivity contribution >= 4 is 24.0 Å². The van der Waals surface area contributed by atoms with Gasteiger partial charge in [0.25, 0.3) is 0 Å². The number of benzene rings is 1. The van der Waals surface area contributed by atoms with E-state index in [1.165, 1.54) is 0 Å². The first-order valence-electron chi connectivity index (χ1n) is 4.25. The van der Waals surface area contributed by atoms with E-state index in [1.807, 2.05) is 0 Å². The average Bonchev–Trinajstić information content (AvgIpc) is 2.65. The minimum Gasteiger partial charge on any atom is -0.326 e. The molecule has 7 heteroatoms. The first-order valence-corrected chi connectivity index (χ1v) is 4.63. The number of nitrogens with two attached hydrogens (primary N) is 1. The molecule has 0 saturated carbocycles. The SMILES string of the molecule is Cl.NCc1ccc(Cl)cc1-c1noc(=O)[nH]1. The minimum absolute atomic E-state index is 0. The first-order chi connectivity index (χ1) is 7.20. The van der Waals surface area contributed by atoms with Gasteiger partial charge < -0.3 is 5.73 Å². The summed E-state index contributed by atoms with van der Waals surface area (Å²) < 4.78 is 4.41. The average molecular weight is 262 g/mol. The second-order valence-electron chi connectivity index (χ2n) is 2.95. The molecule has 2 aromatic rings. The molecule has 2 rings (SSSR count). The summed E-state index contributed by atoms with van der Waals surface area (Å²) in [6.45, 7) is 0.335. The van der Waals surface area contributed by atoms with Gasteiger partial charge in [0.2, 0.25) is 0 Å². The van der Waals surface area contributed by atoms with Crippen LogP contribution in [0.5, 0.6) is 0 Å². The Bertz CT molecular complexity index is 536. The van der Waals surface area contributed by atoms with Gasteiger partial charge in [0, 0.05) is 17.1 Å². The number of H-pyrrole nitrogens is 1. The van der Waals surface area contributed by atoms with Crippen LogP contribution < -0.4 is 11.5 Å². The quantitative estimate of drug-likeness (QED) is 0.860. The molecular formula is C9H9Cl2N3O2. The molecule has 1 heterocycles. The van der Waals surface area contributed by atoms with Crippen molar-refractivity contribution in [3.8, 4) is 11.4 Å². The molecule has 0 atom stereocenters. The number of hydrogen-bond acceptors (Lipinski definition) is 4. The summed E-state index contributed by atoms with van der Waals surface area (Å²) >= 11 is 5.84. The number of nitrogens with zero attached hydrogens (tertiary/aromatic N) is 1. The molecule has 0 amide bonds. The van der Waals surface area contributed by atoms with Crippen molar-refractivity contribution in [3.05, 3.63) is 39.3 Å². The molecule has 0 aliphatic heterocycles. The maximum absolute atomic E-state index is 10.8. The zero-order chi connectivity index (χ0) is 10.8. The van der Waals surface area contributed by atoms with E-state index in [2.05, 4.69) is 14.7 Å². The molecule has 0 spiro atoms. The Morgan fingerprint density at radius 2 is 2.25 bits per heavy atom. The highest BCUT2D eigenvalue weighted by atomic mass is 35.5. The number of rotatable bonds is 2. The molecule has 3 N–H and O–H groups in total. The fourth-order valence-electron chi connectivity index (χ4n) is 1.29. The molecule has 0 aliphatic rings. The lowest BCUT2D eigenvalue weighted by molar-refractivity contribution is 0.388. The van der Waals surface area contributed by atoms with Gasteiger partial charge in [0.1, 0.15) is 0 Å². The Balaban J connectivity index is 0.00000128. The van der Waals surface area contributed by atoms with Crippen LogP contribution in [0, 0.1) is 0 Å². The molecule has 0 saturated heterocycles. The Morgan fingerprint density at radius 3 is 2.81 bits per heavy atom. The monoisotopic (exact) mass is 261 g/mol. The summed E-state index contributed by atoms with van der Waals surface area (Å²) in [6.07, 6.45) is 0. The van der Waals surface area contributed by atoms with Crippen molar-refractivity contribution in [2.45, 2.75) is 6.54 Å². The highest BCUT2D eigenvalue weighted by molar-refractivity contribution is 6.30. The van der Waals surface area contributed by atoms with Crippen molar-refractivity contribution < 1.29 is 4.52 Å². The predicted octanol–water partition coefficient (Wildman–Crippen LogP) is 1.56. The molecule has 5 nitrogen and oxygen atoms in total. The van der Waals surface area contributed by atoms with Gasteiger partial charge in [-0.25, -0.2) is 4.79 Å². The van der Waals surface area contributed by atoms with E-state index in [0.717, 1.165) is 5.56 Å². The van der Waals surface area contributed by atoms with E-state index < -0.39 is 5.76 Å². The van der Waals surface area contributed by atoms with Crippen molar-refractivity contribution in [2.75, 3.05) is 0 Å². The third-order valence-corrected chi connectivity index (χ3v) is 2.22. The largest absolute Gasteiger partial charge is 0.439 e. The van der Waals surface area contributed by atoms with E-state index in [0.29, 0.717) is 23.0 Å². The number of aromatic nitrogens is 2. The van der Waals surface area contributed by atoms with Crippen LogP contribution in [0.25, 0.3) is 11.4 Å². The van der Waals surface area contributed by atoms with E-state index in [-0.39, 0.29) is 12.4 Å². The molecule has 0 bridgehead atoms. The zero-order valence-corrected chi connectivity index (χ0v) is 9.64. The number of halogens is 2. The van der Waals surface area contributed by atoms with Crippen molar-refractivity contribution in [1.29, 1.82) is 0 Å². The third-order valence-electron chi connectivity index (χ3n) is 1.99. The third kappa shape index (κ3) is 2.44. The van der Waals surface area contributed by atoms with Gasteiger partial charge in [-0.05, 0) is 17.7 Å². The standard InChI is InChI=1S/C9H8ClN3O2.ClH/c10-6-2-1-5(4-11)7(3-6)8-12-9(14)15-13-8;/h1-3H,4,11H2,(H,12,13,14);1H. The van der Waals surface area contributed by atoms with Crippen LogP contribution in [0.15, 0.2) is 27.5 Å². The lowest BCUT2D eigenvalue weighted by atomic mass is 10.1. The molecule has 1 aromatic heterocycles. The van der Waals surface area contributed by atoms with Crippen LogP contribution in [-0.4, -0.2) is 10.1 Å². The Labute approximate surface area is 102 Å². The number of aromatic amines is 1. The summed E-state index contributed by atoms with van der Waals surface area (Å²) in [6, 6.07) is 5.19. The molecule has 0 unspecified atom stereocenters. The van der Waals surface area contributed by atoms with E-state index in [1.54, 1.807) is 18.2 Å². The van der Waals surface area contributed by atoms with Crippen molar-refractivity contribution in [1.82, 2.24) is 10.1 Å². The predicted molar refractivity (Wildman–Crippen MR) is 62.7 cm³/mol. The molecular weight excluding hydrogens is 253 g/mol. The van der Waals surface area contributed by atoms with Gasteiger partial charge in [0.15, 0.2) is 5.82 Å². The maximum atomic E-state index is 10.8. The maximum Gasteiger partial charge on any atom is 0.439 e. The van der Waals surface area contributed by atoms with Crippen LogP contribution in [0.3, 0.4) is 0 Å². The topological polar surface area (TPSA) is 84.9 Å². The van der Waals surface area contributed by atoms with E-state index in [4.69, 9.17) is 17.3 Å². The lowest BCUT2D eigenvalue weighted by Gasteiger charge is -2.03. The Morgan fingerprint density at radius 1 is 1.50 bits per heavy atom. The van der Waals surface area contributed by atoms with Crippen molar-refractivity contribution in [3.63, 3.8) is 0 Å². The fourth-order valence-corrected chi connectivity index (χ4v) is 1.47. The molecule has 0 radical (unpaired) electrons. The van der Waals surface area contributed by atoms with Gasteiger partial charge in [-0.15, -0.1) is 12.4 Å². The molecule has 0 fully saturated rings. The molecule has 86 valence electrons. The second-order valence-corrected chi connectivity index (χ2v) is 3.39. The van der Waals surface area contributed by atoms with Gasteiger partial charge in [-0.1, -0.05) is 22.8 Å². The van der Waals surface area contributed by atoms with E-state index in [9.17, 15) is 4.79 Å². The first kappa shape index (κ1) is 12.8. The fraction of sp³-hybridized carbons (Fsp3) is 0.111. The molecule has 0 aliphatic carbocycles. The second kappa shape index (κ2) is 5.16. The van der Waals surface area contributed by atoms with Gasteiger partial charge in [-0.2, -0.15) is 0 Å². The highest BCUT2D eigenvalue weighted by Crippen LogP contribution is 2.23. The normalized spacial score (nSPS) is 9.88. The van der Waals surface area contributed by atoms with E-state index >= 15 is 0 Å². The summed E-state index contributed by atoms with van der Waals surface area (Å²) in [4.78, 5) is 13.2. The molecule has 16 heavy (non-hydrogen) atoms. The van der Waals surface area contributed by atoms with Crippen molar-refractivity contribution in [2.24, 2.45) is 5.73 Å². The minimum atomic E-state index is -0.604. The van der Waals surface area contributed by atoms with Crippen LogP contribution in [0.1, 0.15) is 5.56 Å². The summed E-state index contributed by atoms with van der Waals surface area (Å²) in [5.41, 5.74) is 7.07. The smallest absolute Gasteiger partial charge is 0.326 e. The summed E-state index contributed by atoms with van der Waals surface area (Å²) in [5.74, 6) is -0.268. The highest BCUT2D eigenvalue weighted by Gasteiger charge is 2.09. The zero-order valence-electron chi connectivity index (χ0n) is 8.07. The van der Waals surface area contributed by atoms with Gasteiger partial charge in [0.05, 0.1) is 0 Å². The number of hydrogen-bond donors (Lipinski definition) is 2. The van der Waals surface area contributed by atoms with Crippen LogP contribution >= 0.6 is 24.0 Å². The van der Waals surface area contributed by atoms with Gasteiger partial charge in [-0.3, -0.25) is 9.51 Å². The number of nitrogens with one attached hydrogen (secondary N) is 1. The summed E-state index contributed by atoms with van der Waals surface area (Å²) in [5, 5.41) is 4.13. The molecule has 1 aromatic carbocycles. The Kier molecular flexibility index (Phi) is 4.12. The Hall–Kier alpha value is -1.30. The summed E-state index contributed by atoms with van der Waals surface area (Å²) in [7, 11) is 0. The van der Waals surface area contributed by atoms with Gasteiger partial charge >= 0.3 is 5.76 Å². The van der Waals surface area contributed by atoms with Crippen LogP contribution in [0.2, 0.25) is 5.02 Å². The van der Waals surface area contributed by atoms with Crippen LogP contribution in [0.4, 0.5) is 0 Å².